The number of pyridine rings is 1. The number of aliphatic carboxylic acids is 1. The minimum absolute atomic E-state index is 0.119. The highest BCUT2D eigenvalue weighted by molar-refractivity contribution is 5.93. The normalized spacial score (nSPS) is 19.7. The third-order valence-corrected chi connectivity index (χ3v) is 4.44. The van der Waals surface area contributed by atoms with Gasteiger partial charge in [0.2, 0.25) is 0 Å². The molecule has 1 aliphatic rings. The Hall–Kier alpha value is -3.10. The van der Waals surface area contributed by atoms with E-state index < -0.39 is 36.4 Å². The van der Waals surface area contributed by atoms with Gasteiger partial charge in [-0.3, -0.25) is 14.6 Å². The van der Waals surface area contributed by atoms with Crippen molar-refractivity contribution in [3.63, 3.8) is 0 Å². The third kappa shape index (κ3) is 3.57. The fraction of sp³-hybridized carbons (Fsp3) is 0.278. The fourth-order valence-electron chi connectivity index (χ4n) is 2.89. The SMILES string of the molecule is O=C(c1cc(Oc2ccccc2)ccn1)N1CCC(C(=O)O)(C(F)(F)F)C1. The van der Waals surface area contributed by atoms with Crippen molar-refractivity contribution in [3.05, 3.63) is 54.4 Å². The standard InChI is InChI=1S/C18H15F3N2O4/c19-18(20,21)17(16(25)26)7-9-23(11-17)15(24)14-10-13(6-8-22-14)27-12-4-2-1-3-5-12/h1-6,8,10H,7,9,11H2,(H,25,26). The molecule has 0 saturated carbocycles. The number of amides is 1. The summed E-state index contributed by atoms with van der Waals surface area (Å²) >= 11 is 0. The highest BCUT2D eigenvalue weighted by Gasteiger charge is 2.64. The smallest absolute Gasteiger partial charge is 0.406 e. The van der Waals surface area contributed by atoms with Crippen LogP contribution in [0.1, 0.15) is 16.9 Å². The Bertz CT molecular complexity index is 857. The lowest BCUT2D eigenvalue weighted by Gasteiger charge is -2.27. The fourth-order valence-corrected chi connectivity index (χ4v) is 2.89. The molecular weight excluding hydrogens is 365 g/mol. The zero-order valence-electron chi connectivity index (χ0n) is 13.9. The van der Waals surface area contributed by atoms with Crippen LogP contribution in [0, 0.1) is 5.41 Å². The van der Waals surface area contributed by atoms with Crippen LogP contribution in [0.3, 0.4) is 0 Å². The molecule has 2 aromatic rings. The van der Waals surface area contributed by atoms with Crippen LogP contribution in [0.4, 0.5) is 13.2 Å². The number of benzene rings is 1. The molecule has 1 atom stereocenters. The molecule has 1 aromatic heterocycles. The van der Waals surface area contributed by atoms with Crippen molar-refractivity contribution >= 4 is 11.9 Å². The van der Waals surface area contributed by atoms with E-state index >= 15 is 0 Å². The highest BCUT2D eigenvalue weighted by Crippen LogP contribution is 2.46. The molecule has 3 rings (SSSR count). The summed E-state index contributed by atoms with van der Waals surface area (Å²) in [7, 11) is 0. The summed E-state index contributed by atoms with van der Waals surface area (Å²) in [4.78, 5) is 28.5. The summed E-state index contributed by atoms with van der Waals surface area (Å²) in [5, 5.41) is 9.08. The van der Waals surface area contributed by atoms with Crippen molar-refractivity contribution in [3.8, 4) is 11.5 Å². The molecule has 1 unspecified atom stereocenters. The number of rotatable bonds is 4. The lowest BCUT2D eigenvalue weighted by molar-refractivity contribution is -0.227. The predicted molar refractivity (Wildman–Crippen MR) is 87.4 cm³/mol. The molecule has 9 heteroatoms. The van der Waals surface area contributed by atoms with Crippen LogP contribution < -0.4 is 4.74 Å². The van der Waals surface area contributed by atoms with E-state index in [2.05, 4.69) is 4.98 Å². The second-order valence-corrected chi connectivity index (χ2v) is 6.15. The second-order valence-electron chi connectivity index (χ2n) is 6.15. The summed E-state index contributed by atoms with van der Waals surface area (Å²) in [6.07, 6.45) is -4.35. The van der Waals surface area contributed by atoms with Crippen molar-refractivity contribution in [2.45, 2.75) is 12.6 Å². The Kier molecular flexibility index (Phi) is 4.77. The Morgan fingerprint density at radius 3 is 2.44 bits per heavy atom. The number of carboxylic acid groups (broad SMARTS) is 1. The maximum absolute atomic E-state index is 13.3. The zero-order valence-corrected chi connectivity index (χ0v) is 13.9. The average Bonchev–Trinajstić information content (AvgIpc) is 3.09. The molecular formula is C18H15F3N2O4. The minimum atomic E-state index is -4.96. The number of ether oxygens (including phenoxy) is 1. The number of para-hydroxylation sites is 1. The van der Waals surface area contributed by atoms with E-state index in [0.717, 1.165) is 4.90 Å². The number of carbonyl (C=O) groups excluding carboxylic acids is 1. The summed E-state index contributed by atoms with van der Waals surface area (Å²) in [6, 6.07) is 11.5. The van der Waals surface area contributed by atoms with Crippen LogP contribution in [0.2, 0.25) is 0 Å². The first kappa shape index (κ1) is 18.7. The number of carboxylic acids is 1. The van der Waals surface area contributed by atoms with Gasteiger partial charge >= 0.3 is 12.1 Å². The monoisotopic (exact) mass is 380 g/mol. The number of alkyl halides is 3. The van der Waals surface area contributed by atoms with Gasteiger partial charge in [-0.1, -0.05) is 18.2 Å². The quantitative estimate of drug-likeness (QED) is 0.880. The van der Waals surface area contributed by atoms with E-state index in [9.17, 15) is 22.8 Å². The van der Waals surface area contributed by atoms with Crippen LogP contribution >= 0.6 is 0 Å². The molecule has 142 valence electrons. The summed E-state index contributed by atoms with van der Waals surface area (Å²) in [6.45, 7) is -1.27. The minimum Gasteiger partial charge on any atom is -0.481 e. The largest absolute Gasteiger partial charge is 0.481 e. The average molecular weight is 380 g/mol. The number of nitrogens with zero attached hydrogens (tertiary/aromatic N) is 2. The van der Waals surface area contributed by atoms with Gasteiger partial charge in [0.15, 0.2) is 5.41 Å². The van der Waals surface area contributed by atoms with Crippen LogP contribution in [0.15, 0.2) is 48.7 Å². The number of hydrogen-bond donors (Lipinski definition) is 1. The highest BCUT2D eigenvalue weighted by atomic mass is 19.4. The van der Waals surface area contributed by atoms with E-state index in [1.807, 2.05) is 0 Å². The van der Waals surface area contributed by atoms with Gasteiger partial charge < -0.3 is 14.7 Å². The van der Waals surface area contributed by atoms with Crippen LogP contribution in [-0.4, -0.2) is 46.1 Å². The van der Waals surface area contributed by atoms with Gasteiger partial charge in [-0.05, 0) is 24.6 Å². The van der Waals surface area contributed by atoms with Crippen molar-refractivity contribution in [1.82, 2.24) is 9.88 Å². The second kappa shape index (κ2) is 6.90. The van der Waals surface area contributed by atoms with Crippen molar-refractivity contribution in [2.75, 3.05) is 13.1 Å². The molecule has 0 spiro atoms. The summed E-state index contributed by atoms with van der Waals surface area (Å²) < 4.78 is 45.4. The van der Waals surface area contributed by atoms with E-state index in [1.165, 1.54) is 18.3 Å². The molecule has 2 heterocycles. The lowest BCUT2D eigenvalue weighted by Crippen LogP contribution is -2.47. The first-order valence-electron chi connectivity index (χ1n) is 8.01. The molecule has 1 saturated heterocycles. The summed E-state index contributed by atoms with van der Waals surface area (Å²) in [5.41, 5.74) is -3.08. The van der Waals surface area contributed by atoms with Gasteiger partial charge in [0.05, 0.1) is 0 Å². The van der Waals surface area contributed by atoms with Gasteiger partial charge in [-0.2, -0.15) is 13.2 Å². The van der Waals surface area contributed by atoms with E-state index in [4.69, 9.17) is 9.84 Å². The van der Waals surface area contributed by atoms with E-state index in [0.29, 0.717) is 11.5 Å². The molecule has 1 aliphatic heterocycles. The van der Waals surface area contributed by atoms with Crippen LogP contribution in [0.5, 0.6) is 11.5 Å². The van der Waals surface area contributed by atoms with Gasteiger partial charge in [0, 0.05) is 25.4 Å². The molecule has 1 amide bonds. The molecule has 0 aliphatic carbocycles. The number of carbonyl (C=O) groups is 2. The van der Waals surface area contributed by atoms with Gasteiger partial charge in [0.1, 0.15) is 17.2 Å². The first-order chi connectivity index (χ1) is 12.7. The zero-order chi connectivity index (χ0) is 19.7. The topological polar surface area (TPSA) is 79.7 Å². The van der Waals surface area contributed by atoms with Crippen molar-refractivity contribution in [1.29, 1.82) is 0 Å². The van der Waals surface area contributed by atoms with Gasteiger partial charge in [-0.25, -0.2) is 0 Å². The Labute approximate surface area is 152 Å². The van der Waals surface area contributed by atoms with Crippen molar-refractivity contribution in [2.24, 2.45) is 5.41 Å². The van der Waals surface area contributed by atoms with Crippen LogP contribution in [0.25, 0.3) is 0 Å². The Morgan fingerprint density at radius 1 is 1.15 bits per heavy atom. The van der Waals surface area contributed by atoms with Gasteiger partial charge in [-0.15, -0.1) is 0 Å². The maximum Gasteiger partial charge on any atom is 0.406 e. The molecule has 0 radical (unpaired) electrons. The molecule has 6 nitrogen and oxygen atoms in total. The molecule has 27 heavy (non-hydrogen) atoms. The van der Waals surface area contributed by atoms with Gasteiger partial charge in [0.25, 0.3) is 5.91 Å². The Balaban J connectivity index is 1.79. The number of hydrogen-bond acceptors (Lipinski definition) is 4. The molecule has 1 fully saturated rings. The third-order valence-electron chi connectivity index (χ3n) is 4.44. The van der Waals surface area contributed by atoms with Crippen LogP contribution in [-0.2, 0) is 4.79 Å². The molecule has 0 bridgehead atoms. The molecule has 1 aromatic carbocycles. The molecule has 1 N–H and O–H groups in total. The predicted octanol–water partition coefficient (Wildman–Crippen LogP) is 3.35. The number of halogens is 3. The lowest BCUT2D eigenvalue weighted by atomic mass is 9.86. The Morgan fingerprint density at radius 2 is 1.85 bits per heavy atom. The summed E-state index contributed by atoms with van der Waals surface area (Å²) in [5.74, 6) is -1.95. The van der Waals surface area contributed by atoms with E-state index in [-0.39, 0.29) is 12.2 Å². The number of likely N-dealkylation sites (tertiary alicyclic amines) is 1. The first-order valence-corrected chi connectivity index (χ1v) is 8.01. The van der Waals surface area contributed by atoms with E-state index in [1.54, 1.807) is 30.3 Å². The van der Waals surface area contributed by atoms with Crippen molar-refractivity contribution < 1.29 is 32.6 Å². The number of aromatic nitrogens is 1. The maximum atomic E-state index is 13.3.